The Balaban J connectivity index is 3.11. The van der Waals surface area contributed by atoms with E-state index in [1.165, 1.54) is 20.3 Å². The minimum atomic E-state index is -0.758. The van der Waals surface area contributed by atoms with E-state index >= 15 is 0 Å². The summed E-state index contributed by atoms with van der Waals surface area (Å²) in [5, 5.41) is 15.7. The Morgan fingerprint density at radius 2 is 1.89 bits per heavy atom. The lowest BCUT2D eigenvalue weighted by Gasteiger charge is -2.08. The third-order valence-electron chi connectivity index (χ3n) is 1.88. The Morgan fingerprint density at radius 1 is 1.22 bits per heavy atom. The molecule has 1 aromatic rings. The summed E-state index contributed by atoms with van der Waals surface area (Å²) in [7, 11) is 2.36. The number of aromatic nitrogens is 2. The fourth-order valence-electron chi connectivity index (χ4n) is 1.08. The Hall–Kier alpha value is -2.22. The number of methoxy groups -OCH3 is 2. The van der Waals surface area contributed by atoms with Crippen molar-refractivity contribution in [3.8, 4) is 5.75 Å². The van der Waals surface area contributed by atoms with Gasteiger partial charge in [-0.25, -0.2) is 9.59 Å². The molecule has 1 aromatic heterocycles. The second-order valence-electron chi connectivity index (χ2n) is 3.00. The smallest absolute Gasteiger partial charge is 0.362 e. The van der Waals surface area contributed by atoms with Crippen molar-refractivity contribution in [2.24, 2.45) is 0 Å². The van der Waals surface area contributed by atoms with Crippen molar-refractivity contribution in [2.45, 2.75) is 0 Å². The first-order valence-electron chi connectivity index (χ1n) is 4.92. The molecule has 0 saturated heterocycles. The zero-order chi connectivity index (χ0) is 13.5. The van der Waals surface area contributed by atoms with Crippen LogP contribution >= 0.6 is 0 Å². The summed E-state index contributed by atoms with van der Waals surface area (Å²) in [5.74, 6) is -1.48. The maximum absolute atomic E-state index is 11.4. The third-order valence-corrected chi connectivity index (χ3v) is 1.88. The lowest BCUT2D eigenvalue weighted by Crippen LogP contribution is -2.14. The van der Waals surface area contributed by atoms with Gasteiger partial charge in [0.2, 0.25) is 5.69 Å². The van der Waals surface area contributed by atoms with E-state index in [0.29, 0.717) is 0 Å². The Morgan fingerprint density at radius 3 is 2.44 bits per heavy atom. The molecule has 8 nitrogen and oxygen atoms in total. The van der Waals surface area contributed by atoms with E-state index in [0.717, 1.165) is 0 Å². The van der Waals surface area contributed by atoms with Crippen molar-refractivity contribution in [1.29, 1.82) is 0 Å². The van der Waals surface area contributed by atoms with Crippen LogP contribution < -0.4 is 4.74 Å². The zero-order valence-corrected chi connectivity index (χ0v) is 9.87. The van der Waals surface area contributed by atoms with Crippen LogP contribution in [-0.2, 0) is 9.47 Å². The van der Waals surface area contributed by atoms with Crippen molar-refractivity contribution in [2.75, 3.05) is 27.4 Å². The number of esters is 2. The highest BCUT2D eigenvalue weighted by molar-refractivity contribution is 5.92. The summed E-state index contributed by atoms with van der Waals surface area (Å²) in [5.41, 5.74) is -0.295. The van der Waals surface area contributed by atoms with E-state index in [1.807, 2.05) is 0 Å². The fraction of sp³-hybridized carbons (Fsp3) is 0.400. The number of carbonyl (C=O) groups excluding carboxylic acids is 2. The van der Waals surface area contributed by atoms with E-state index in [4.69, 9.17) is 9.84 Å². The van der Waals surface area contributed by atoms with Gasteiger partial charge in [-0.2, -0.15) is 0 Å². The van der Waals surface area contributed by atoms with Crippen LogP contribution in [0.2, 0.25) is 0 Å². The number of hydrogen-bond acceptors (Lipinski definition) is 8. The van der Waals surface area contributed by atoms with Crippen molar-refractivity contribution in [1.82, 2.24) is 10.2 Å². The molecule has 0 atom stereocenters. The summed E-state index contributed by atoms with van der Waals surface area (Å²) in [6.45, 7) is -0.313. The highest BCUT2D eigenvalue weighted by atomic mass is 16.5. The number of aliphatic hydroxyl groups excluding tert-OH is 1. The van der Waals surface area contributed by atoms with Crippen LogP contribution in [0.3, 0.4) is 0 Å². The average molecular weight is 256 g/mol. The quantitative estimate of drug-likeness (QED) is 0.697. The van der Waals surface area contributed by atoms with Crippen molar-refractivity contribution in [3.63, 3.8) is 0 Å². The minimum absolute atomic E-state index is 0.00806. The van der Waals surface area contributed by atoms with Crippen LogP contribution in [0, 0.1) is 0 Å². The Bertz CT molecular complexity index is 448. The molecule has 1 heterocycles. The lowest BCUT2D eigenvalue weighted by molar-refractivity contribution is 0.0567. The number of carbonyl (C=O) groups is 2. The van der Waals surface area contributed by atoms with Crippen molar-refractivity contribution in [3.05, 3.63) is 17.5 Å². The molecular weight excluding hydrogens is 244 g/mol. The van der Waals surface area contributed by atoms with Crippen LogP contribution in [0.4, 0.5) is 0 Å². The van der Waals surface area contributed by atoms with E-state index in [-0.39, 0.29) is 30.4 Å². The molecule has 0 aliphatic rings. The standard InChI is InChI=1S/C10H12N2O6/c1-16-9(14)6-5-7(18-4-3-13)8(12-11-6)10(15)17-2/h5,13H,3-4H2,1-2H3. The molecule has 0 bridgehead atoms. The maximum atomic E-state index is 11.4. The highest BCUT2D eigenvalue weighted by Crippen LogP contribution is 2.17. The normalized spacial score (nSPS) is 9.72. The first-order chi connectivity index (χ1) is 8.63. The topological polar surface area (TPSA) is 108 Å². The average Bonchev–Trinajstić information content (AvgIpc) is 2.42. The molecule has 0 saturated carbocycles. The van der Waals surface area contributed by atoms with Crippen LogP contribution in [0.1, 0.15) is 21.0 Å². The van der Waals surface area contributed by atoms with Gasteiger partial charge in [0.1, 0.15) is 6.61 Å². The largest absolute Gasteiger partial charge is 0.488 e. The number of aliphatic hydroxyl groups is 1. The number of ether oxygens (including phenoxy) is 3. The molecule has 0 aliphatic heterocycles. The van der Waals surface area contributed by atoms with Crippen molar-refractivity contribution >= 4 is 11.9 Å². The molecule has 1 N–H and O–H groups in total. The number of nitrogens with zero attached hydrogens (tertiary/aromatic N) is 2. The van der Waals surface area contributed by atoms with Gasteiger partial charge < -0.3 is 19.3 Å². The van der Waals surface area contributed by atoms with E-state index < -0.39 is 11.9 Å². The number of rotatable bonds is 5. The predicted molar refractivity (Wildman–Crippen MR) is 57.3 cm³/mol. The first kappa shape index (κ1) is 13.8. The van der Waals surface area contributed by atoms with Gasteiger partial charge in [-0.1, -0.05) is 0 Å². The van der Waals surface area contributed by atoms with Crippen LogP contribution in [0.25, 0.3) is 0 Å². The lowest BCUT2D eigenvalue weighted by atomic mass is 10.3. The van der Waals surface area contributed by atoms with Crippen molar-refractivity contribution < 1.29 is 28.9 Å². The first-order valence-corrected chi connectivity index (χ1v) is 4.92. The van der Waals surface area contributed by atoms with E-state index in [1.54, 1.807) is 0 Å². The van der Waals surface area contributed by atoms with Crippen LogP contribution in [0.15, 0.2) is 6.07 Å². The molecule has 0 aromatic carbocycles. The fourth-order valence-corrected chi connectivity index (χ4v) is 1.08. The molecule has 0 spiro atoms. The number of hydrogen-bond donors (Lipinski definition) is 1. The van der Waals surface area contributed by atoms with Gasteiger partial charge in [0, 0.05) is 6.07 Å². The van der Waals surface area contributed by atoms with Crippen LogP contribution in [0.5, 0.6) is 5.75 Å². The Kier molecular flexibility index (Phi) is 5.00. The second kappa shape index (κ2) is 6.50. The molecule has 0 aliphatic carbocycles. The SMILES string of the molecule is COC(=O)c1cc(OCCO)c(C(=O)OC)nn1. The van der Waals surface area contributed by atoms with Gasteiger partial charge >= 0.3 is 11.9 Å². The predicted octanol–water partition coefficient (Wildman–Crippen LogP) is -0.579. The summed E-state index contributed by atoms with van der Waals surface area (Å²) < 4.78 is 14.0. The van der Waals surface area contributed by atoms with Gasteiger partial charge in [0.05, 0.1) is 20.8 Å². The Labute approximate surface area is 102 Å². The molecule has 0 radical (unpaired) electrons. The molecule has 0 unspecified atom stereocenters. The molecule has 8 heteroatoms. The zero-order valence-electron chi connectivity index (χ0n) is 9.87. The molecule has 0 amide bonds. The minimum Gasteiger partial charge on any atom is -0.488 e. The third kappa shape index (κ3) is 3.14. The molecule has 1 rings (SSSR count). The van der Waals surface area contributed by atoms with E-state index in [9.17, 15) is 9.59 Å². The molecule has 18 heavy (non-hydrogen) atoms. The molecule has 0 fully saturated rings. The monoisotopic (exact) mass is 256 g/mol. The molecular formula is C10H12N2O6. The van der Waals surface area contributed by atoms with Gasteiger partial charge in [-0.15, -0.1) is 10.2 Å². The van der Waals surface area contributed by atoms with Gasteiger partial charge in [-0.3, -0.25) is 0 Å². The highest BCUT2D eigenvalue weighted by Gasteiger charge is 2.19. The summed E-state index contributed by atoms with van der Waals surface area (Å²) in [4.78, 5) is 22.6. The van der Waals surface area contributed by atoms with Gasteiger partial charge in [0.25, 0.3) is 0 Å². The summed E-state index contributed by atoms with van der Waals surface area (Å²) in [6, 6.07) is 1.20. The maximum Gasteiger partial charge on any atom is 0.362 e. The second-order valence-corrected chi connectivity index (χ2v) is 3.00. The van der Waals surface area contributed by atoms with Gasteiger partial charge in [0.15, 0.2) is 11.4 Å². The van der Waals surface area contributed by atoms with Crippen LogP contribution in [-0.4, -0.2) is 54.7 Å². The summed E-state index contributed by atoms with van der Waals surface area (Å²) >= 11 is 0. The van der Waals surface area contributed by atoms with Gasteiger partial charge in [-0.05, 0) is 0 Å². The van der Waals surface area contributed by atoms with E-state index in [2.05, 4.69) is 19.7 Å². The molecule has 98 valence electrons. The summed E-state index contributed by atoms with van der Waals surface area (Å²) in [6.07, 6.45) is 0.